The van der Waals surface area contributed by atoms with Crippen molar-refractivity contribution < 1.29 is 9.59 Å². The van der Waals surface area contributed by atoms with E-state index < -0.39 is 0 Å². The molecule has 1 atom stereocenters. The standard InChI is InChI=1S/C23H34N6O2/c1-4-29-22-19(15-25-29)21(26-16(2)18-8-6-5-7-9-18)20(14-24-22)23(31)28-12-10-27(11-13-28)17(3)30/h14-16,18H,4-13H2,1-3H3,(H,24,26). The summed E-state index contributed by atoms with van der Waals surface area (Å²) in [4.78, 5) is 33.4. The van der Waals surface area contributed by atoms with Gasteiger partial charge in [-0.05, 0) is 32.6 Å². The maximum Gasteiger partial charge on any atom is 0.257 e. The van der Waals surface area contributed by atoms with E-state index in [0.29, 0.717) is 37.7 Å². The Balaban J connectivity index is 1.63. The zero-order valence-electron chi connectivity index (χ0n) is 18.9. The van der Waals surface area contributed by atoms with Gasteiger partial charge >= 0.3 is 0 Å². The van der Waals surface area contributed by atoms with Crippen LogP contribution >= 0.6 is 0 Å². The van der Waals surface area contributed by atoms with Crippen molar-refractivity contribution in [3.05, 3.63) is 18.0 Å². The van der Waals surface area contributed by atoms with E-state index in [-0.39, 0.29) is 17.9 Å². The summed E-state index contributed by atoms with van der Waals surface area (Å²) in [5.74, 6) is 0.645. The minimum Gasteiger partial charge on any atom is -0.381 e. The molecule has 0 bridgehead atoms. The van der Waals surface area contributed by atoms with E-state index in [2.05, 4.69) is 22.3 Å². The number of hydrogen-bond donors (Lipinski definition) is 1. The maximum absolute atomic E-state index is 13.5. The summed E-state index contributed by atoms with van der Waals surface area (Å²) in [7, 11) is 0. The van der Waals surface area contributed by atoms with Crippen LogP contribution in [0.3, 0.4) is 0 Å². The van der Waals surface area contributed by atoms with Crippen LogP contribution in [-0.2, 0) is 11.3 Å². The van der Waals surface area contributed by atoms with Crippen LogP contribution in [0.5, 0.6) is 0 Å². The Morgan fingerprint density at radius 2 is 1.77 bits per heavy atom. The molecule has 168 valence electrons. The lowest BCUT2D eigenvalue weighted by Crippen LogP contribution is -2.50. The number of pyridine rings is 1. The number of aryl methyl sites for hydroxylation is 1. The first kappa shape index (κ1) is 21.6. The Kier molecular flexibility index (Phi) is 6.43. The lowest BCUT2D eigenvalue weighted by atomic mass is 9.84. The molecule has 1 aliphatic carbocycles. The van der Waals surface area contributed by atoms with Crippen molar-refractivity contribution in [2.45, 2.75) is 65.5 Å². The van der Waals surface area contributed by atoms with E-state index in [1.54, 1.807) is 18.0 Å². The molecule has 3 heterocycles. The molecule has 2 aliphatic rings. The van der Waals surface area contributed by atoms with E-state index in [1.807, 2.05) is 22.7 Å². The molecule has 0 radical (unpaired) electrons. The summed E-state index contributed by atoms with van der Waals surface area (Å²) in [6.45, 7) is 8.82. The highest BCUT2D eigenvalue weighted by molar-refractivity contribution is 6.06. The number of aromatic nitrogens is 3. The second kappa shape index (κ2) is 9.24. The molecule has 2 amide bonds. The summed E-state index contributed by atoms with van der Waals surface area (Å²) in [5.41, 5.74) is 2.25. The van der Waals surface area contributed by atoms with Crippen molar-refractivity contribution in [1.82, 2.24) is 24.6 Å². The van der Waals surface area contributed by atoms with Crippen molar-refractivity contribution in [3.63, 3.8) is 0 Å². The molecule has 1 saturated carbocycles. The van der Waals surface area contributed by atoms with Crippen molar-refractivity contribution >= 4 is 28.5 Å². The van der Waals surface area contributed by atoms with E-state index >= 15 is 0 Å². The minimum atomic E-state index is -0.0276. The monoisotopic (exact) mass is 426 g/mol. The van der Waals surface area contributed by atoms with Crippen molar-refractivity contribution in [1.29, 1.82) is 0 Å². The average Bonchev–Trinajstić information content (AvgIpc) is 3.23. The van der Waals surface area contributed by atoms with Crippen LogP contribution in [0.1, 0.15) is 63.2 Å². The van der Waals surface area contributed by atoms with Gasteiger partial charge in [-0.25, -0.2) is 9.67 Å². The first-order chi connectivity index (χ1) is 15.0. The Morgan fingerprint density at radius 3 is 2.42 bits per heavy atom. The molecule has 1 unspecified atom stereocenters. The smallest absolute Gasteiger partial charge is 0.257 e. The fraction of sp³-hybridized carbons (Fsp3) is 0.652. The molecule has 4 rings (SSSR count). The molecule has 2 fully saturated rings. The fourth-order valence-electron chi connectivity index (χ4n) is 4.95. The number of carbonyl (C=O) groups excluding carboxylic acids is 2. The van der Waals surface area contributed by atoms with Crippen molar-refractivity contribution in [3.8, 4) is 0 Å². The molecular weight excluding hydrogens is 392 g/mol. The summed E-state index contributed by atoms with van der Waals surface area (Å²) in [5, 5.41) is 9.08. The largest absolute Gasteiger partial charge is 0.381 e. The highest BCUT2D eigenvalue weighted by atomic mass is 16.2. The van der Waals surface area contributed by atoms with Gasteiger partial charge in [-0.3, -0.25) is 9.59 Å². The summed E-state index contributed by atoms with van der Waals surface area (Å²) >= 11 is 0. The molecule has 31 heavy (non-hydrogen) atoms. The van der Waals surface area contributed by atoms with Crippen LogP contribution in [0.15, 0.2) is 12.4 Å². The number of piperazine rings is 1. The molecule has 2 aromatic heterocycles. The summed E-state index contributed by atoms with van der Waals surface area (Å²) < 4.78 is 1.87. The van der Waals surface area contributed by atoms with Gasteiger partial charge in [0.1, 0.15) is 0 Å². The second-order valence-electron chi connectivity index (χ2n) is 8.87. The Morgan fingerprint density at radius 1 is 1.10 bits per heavy atom. The number of fused-ring (bicyclic) bond motifs is 1. The van der Waals surface area contributed by atoms with Crippen LogP contribution in [-0.4, -0.2) is 68.6 Å². The third-order valence-corrected chi connectivity index (χ3v) is 6.94. The zero-order valence-corrected chi connectivity index (χ0v) is 18.9. The van der Waals surface area contributed by atoms with Gasteiger partial charge in [0.05, 0.1) is 22.8 Å². The van der Waals surface area contributed by atoms with Crippen LogP contribution in [0.25, 0.3) is 11.0 Å². The quantitative estimate of drug-likeness (QED) is 0.794. The first-order valence-electron chi connectivity index (χ1n) is 11.7. The van der Waals surface area contributed by atoms with E-state index in [4.69, 9.17) is 0 Å². The predicted octanol–water partition coefficient (Wildman–Crippen LogP) is 3.14. The van der Waals surface area contributed by atoms with Gasteiger partial charge in [0.2, 0.25) is 5.91 Å². The normalized spacial score (nSPS) is 18.9. The SMILES string of the molecule is CCn1ncc2c(NC(C)C3CCCCC3)c(C(=O)N3CCN(C(C)=O)CC3)cnc21. The maximum atomic E-state index is 13.5. The molecule has 1 N–H and O–H groups in total. The summed E-state index contributed by atoms with van der Waals surface area (Å²) in [6, 6.07) is 0.275. The minimum absolute atomic E-state index is 0.0276. The molecule has 2 aromatic rings. The van der Waals surface area contributed by atoms with Gasteiger partial charge in [-0.1, -0.05) is 19.3 Å². The number of nitrogens with zero attached hydrogens (tertiary/aromatic N) is 5. The fourth-order valence-corrected chi connectivity index (χ4v) is 4.95. The topological polar surface area (TPSA) is 83.4 Å². The molecule has 8 heteroatoms. The van der Waals surface area contributed by atoms with Crippen LogP contribution in [0.2, 0.25) is 0 Å². The average molecular weight is 427 g/mol. The molecule has 0 spiro atoms. The highest BCUT2D eigenvalue weighted by Gasteiger charge is 2.28. The second-order valence-corrected chi connectivity index (χ2v) is 8.87. The van der Waals surface area contributed by atoms with E-state index in [0.717, 1.165) is 23.3 Å². The Hall–Kier alpha value is -2.64. The third kappa shape index (κ3) is 4.38. The predicted molar refractivity (Wildman–Crippen MR) is 121 cm³/mol. The lowest BCUT2D eigenvalue weighted by molar-refractivity contribution is -0.130. The third-order valence-electron chi connectivity index (χ3n) is 6.94. The zero-order chi connectivity index (χ0) is 22.0. The van der Waals surface area contributed by atoms with Crippen LogP contribution in [0, 0.1) is 5.92 Å². The Labute approximate surface area is 184 Å². The number of amides is 2. The Bertz CT molecular complexity index is 941. The highest BCUT2D eigenvalue weighted by Crippen LogP contribution is 2.32. The van der Waals surface area contributed by atoms with Crippen LogP contribution in [0.4, 0.5) is 5.69 Å². The first-order valence-corrected chi connectivity index (χ1v) is 11.7. The van der Waals surface area contributed by atoms with Gasteiger partial charge in [0.25, 0.3) is 5.91 Å². The van der Waals surface area contributed by atoms with Gasteiger partial charge in [-0.15, -0.1) is 0 Å². The number of hydrogen-bond acceptors (Lipinski definition) is 5. The summed E-state index contributed by atoms with van der Waals surface area (Å²) in [6.07, 6.45) is 9.87. The van der Waals surface area contributed by atoms with Crippen molar-refractivity contribution in [2.24, 2.45) is 5.92 Å². The van der Waals surface area contributed by atoms with E-state index in [9.17, 15) is 9.59 Å². The van der Waals surface area contributed by atoms with Gasteiger partial charge in [0.15, 0.2) is 5.65 Å². The van der Waals surface area contributed by atoms with E-state index in [1.165, 1.54) is 32.1 Å². The molecule has 1 aliphatic heterocycles. The molecule has 1 saturated heterocycles. The molecule has 8 nitrogen and oxygen atoms in total. The van der Waals surface area contributed by atoms with Gasteiger partial charge < -0.3 is 15.1 Å². The van der Waals surface area contributed by atoms with Gasteiger partial charge in [-0.2, -0.15) is 5.10 Å². The molecular formula is C23H34N6O2. The lowest BCUT2D eigenvalue weighted by Gasteiger charge is -2.35. The molecule has 0 aromatic carbocycles. The number of rotatable bonds is 5. The van der Waals surface area contributed by atoms with Crippen LogP contribution < -0.4 is 5.32 Å². The number of nitrogens with one attached hydrogen (secondary N) is 1. The van der Waals surface area contributed by atoms with Crippen molar-refractivity contribution in [2.75, 3.05) is 31.5 Å². The van der Waals surface area contributed by atoms with Gasteiger partial charge in [0, 0.05) is 51.9 Å². The number of carbonyl (C=O) groups is 2. The number of anilines is 1.